The molecule has 0 N–H and O–H groups in total. The maximum atomic E-state index is 10.8. The highest BCUT2D eigenvalue weighted by molar-refractivity contribution is 8.13. The third-order valence-corrected chi connectivity index (χ3v) is 2.92. The van der Waals surface area contributed by atoms with Gasteiger partial charge in [0.05, 0.1) is 0 Å². The molecule has 0 atom stereocenters. The minimum Gasteiger partial charge on any atom is -0.331 e. The van der Waals surface area contributed by atoms with Crippen LogP contribution in [-0.2, 0) is 14.8 Å². The van der Waals surface area contributed by atoms with Gasteiger partial charge in [-0.3, -0.25) is 0 Å². The van der Waals surface area contributed by atoms with Gasteiger partial charge in [0.1, 0.15) is 11.6 Å². The molecule has 0 aromatic carbocycles. The van der Waals surface area contributed by atoms with Crippen LogP contribution in [0.2, 0.25) is 0 Å². The fourth-order valence-electron chi connectivity index (χ4n) is 1.30. The number of hydrogen-bond acceptors (Lipinski definition) is 3. The van der Waals surface area contributed by atoms with Gasteiger partial charge >= 0.3 is 0 Å². The molecule has 1 aromatic heterocycles. The van der Waals surface area contributed by atoms with E-state index in [2.05, 4.69) is 4.98 Å². The summed E-state index contributed by atoms with van der Waals surface area (Å²) in [5.41, 5.74) is 0. The van der Waals surface area contributed by atoms with E-state index in [1.54, 1.807) is 12.4 Å². The van der Waals surface area contributed by atoms with Crippen LogP contribution in [0.15, 0.2) is 12.4 Å². The van der Waals surface area contributed by atoms with E-state index >= 15 is 0 Å². The summed E-state index contributed by atoms with van der Waals surface area (Å²) in [6.07, 6.45) is 5.61. The average Bonchev–Trinajstić information content (AvgIpc) is 2.72. The minimum absolute atomic E-state index is 0.182. The van der Waals surface area contributed by atoms with Crippen LogP contribution in [0.4, 0.5) is 0 Å². The summed E-state index contributed by atoms with van der Waals surface area (Å²) in [5.74, 6) is 0.357. The van der Waals surface area contributed by atoms with Crippen LogP contribution in [-0.4, -0.2) is 18.0 Å². The Kier molecular flexibility index (Phi) is 2.08. The average molecular weight is 221 g/mol. The van der Waals surface area contributed by atoms with Gasteiger partial charge in [0.15, 0.2) is 0 Å². The molecule has 6 heteroatoms. The predicted molar refractivity (Wildman–Crippen MR) is 49.0 cm³/mol. The number of halogens is 1. The first-order valence-electron chi connectivity index (χ1n) is 4.00. The first-order chi connectivity index (χ1) is 6.06. The summed E-state index contributed by atoms with van der Waals surface area (Å²) < 4.78 is 23.5. The Morgan fingerprint density at radius 3 is 2.85 bits per heavy atom. The Labute approximate surface area is 81.0 Å². The Hall–Kier alpha value is -0.550. The first kappa shape index (κ1) is 9.02. The summed E-state index contributed by atoms with van der Waals surface area (Å²) in [6, 6.07) is 0.441. The lowest BCUT2D eigenvalue weighted by Gasteiger charge is -2.02. The van der Waals surface area contributed by atoms with Crippen LogP contribution in [0.1, 0.15) is 24.7 Å². The number of rotatable bonds is 3. The monoisotopic (exact) mass is 220 g/mol. The van der Waals surface area contributed by atoms with Crippen LogP contribution in [0, 0.1) is 0 Å². The smallest absolute Gasteiger partial charge is 0.239 e. The molecule has 0 amide bonds. The van der Waals surface area contributed by atoms with Crippen LogP contribution in [0.5, 0.6) is 0 Å². The second kappa shape index (κ2) is 2.99. The molecule has 13 heavy (non-hydrogen) atoms. The summed E-state index contributed by atoms with van der Waals surface area (Å²) in [5, 5.41) is 0. The lowest BCUT2D eigenvalue weighted by Crippen LogP contribution is -2.04. The molecule has 0 saturated heterocycles. The lowest BCUT2D eigenvalue weighted by atomic mass is 10.6. The number of aromatic nitrogens is 2. The largest absolute Gasteiger partial charge is 0.331 e. The SMILES string of the molecule is O=S(=O)(Cl)Cc1nccn1C1CC1. The van der Waals surface area contributed by atoms with E-state index in [0.29, 0.717) is 11.9 Å². The summed E-state index contributed by atoms with van der Waals surface area (Å²) in [6.45, 7) is 0. The molecule has 4 nitrogen and oxygen atoms in total. The number of nitrogens with zero attached hydrogens (tertiary/aromatic N) is 2. The zero-order chi connectivity index (χ0) is 9.47. The number of hydrogen-bond donors (Lipinski definition) is 0. The Bertz CT molecular complexity index is 408. The summed E-state index contributed by atoms with van der Waals surface area (Å²) >= 11 is 0. The van der Waals surface area contributed by atoms with Crippen molar-refractivity contribution in [3.63, 3.8) is 0 Å². The van der Waals surface area contributed by atoms with Gasteiger partial charge in [0.2, 0.25) is 9.05 Å². The van der Waals surface area contributed by atoms with E-state index in [0.717, 1.165) is 12.8 Å². The third kappa shape index (κ3) is 2.22. The number of imidazole rings is 1. The standard InChI is InChI=1S/C7H9ClN2O2S/c8-13(11,12)5-7-9-3-4-10(7)6-1-2-6/h3-4,6H,1-2,5H2. The highest BCUT2D eigenvalue weighted by Crippen LogP contribution is 2.35. The van der Waals surface area contributed by atoms with E-state index in [9.17, 15) is 8.42 Å². The maximum absolute atomic E-state index is 10.8. The van der Waals surface area contributed by atoms with E-state index in [1.165, 1.54) is 0 Å². The molecule has 72 valence electrons. The molecular formula is C7H9ClN2O2S. The molecular weight excluding hydrogens is 212 g/mol. The molecule has 1 saturated carbocycles. The van der Waals surface area contributed by atoms with Gasteiger partial charge < -0.3 is 4.57 Å². The van der Waals surface area contributed by atoms with Crippen molar-refractivity contribution in [1.29, 1.82) is 0 Å². The van der Waals surface area contributed by atoms with Crippen molar-refractivity contribution >= 4 is 19.7 Å². The fraction of sp³-hybridized carbons (Fsp3) is 0.571. The molecule has 1 heterocycles. The topological polar surface area (TPSA) is 52.0 Å². The zero-order valence-corrected chi connectivity index (χ0v) is 8.42. The molecule has 0 spiro atoms. The second-order valence-corrected chi connectivity index (χ2v) is 5.94. The lowest BCUT2D eigenvalue weighted by molar-refractivity contribution is 0.603. The van der Waals surface area contributed by atoms with Crippen molar-refractivity contribution in [1.82, 2.24) is 9.55 Å². The van der Waals surface area contributed by atoms with Gasteiger partial charge in [0.25, 0.3) is 0 Å². The molecule has 0 aliphatic heterocycles. The molecule has 0 radical (unpaired) electrons. The van der Waals surface area contributed by atoms with Crippen LogP contribution in [0.25, 0.3) is 0 Å². The normalized spacial score (nSPS) is 17.6. The van der Waals surface area contributed by atoms with Gasteiger partial charge in [-0.2, -0.15) is 0 Å². The molecule has 1 fully saturated rings. The zero-order valence-electron chi connectivity index (χ0n) is 6.85. The van der Waals surface area contributed by atoms with E-state index < -0.39 is 9.05 Å². The van der Waals surface area contributed by atoms with E-state index in [4.69, 9.17) is 10.7 Å². The van der Waals surface area contributed by atoms with Crippen molar-refractivity contribution in [3.8, 4) is 0 Å². The minimum atomic E-state index is -3.49. The maximum Gasteiger partial charge on any atom is 0.239 e. The van der Waals surface area contributed by atoms with Crippen molar-refractivity contribution in [2.24, 2.45) is 0 Å². The van der Waals surface area contributed by atoms with E-state index in [1.807, 2.05) is 4.57 Å². The van der Waals surface area contributed by atoms with Crippen LogP contribution < -0.4 is 0 Å². The van der Waals surface area contributed by atoms with Crippen molar-refractivity contribution in [2.45, 2.75) is 24.6 Å². The first-order valence-corrected chi connectivity index (χ1v) is 6.48. The Morgan fingerprint density at radius 1 is 1.62 bits per heavy atom. The Morgan fingerprint density at radius 2 is 2.31 bits per heavy atom. The second-order valence-electron chi connectivity index (χ2n) is 3.17. The fourth-order valence-corrected chi connectivity index (χ4v) is 2.12. The van der Waals surface area contributed by atoms with Crippen molar-refractivity contribution < 1.29 is 8.42 Å². The molecule has 2 rings (SSSR count). The van der Waals surface area contributed by atoms with Gasteiger partial charge in [-0.15, -0.1) is 0 Å². The van der Waals surface area contributed by atoms with Gasteiger partial charge in [0, 0.05) is 29.1 Å². The molecule has 1 aliphatic carbocycles. The molecule has 0 unspecified atom stereocenters. The third-order valence-electron chi connectivity index (χ3n) is 1.99. The molecule has 1 aromatic rings. The van der Waals surface area contributed by atoms with Gasteiger partial charge in [-0.25, -0.2) is 13.4 Å². The van der Waals surface area contributed by atoms with Gasteiger partial charge in [-0.05, 0) is 12.8 Å². The van der Waals surface area contributed by atoms with Gasteiger partial charge in [-0.1, -0.05) is 0 Å². The highest BCUT2D eigenvalue weighted by atomic mass is 35.7. The van der Waals surface area contributed by atoms with E-state index in [-0.39, 0.29) is 5.75 Å². The van der Waals surface area contributed by atoms with Crippen LogP contribution in [0.3, 0.4) is 0 Å². The van der Waals surface area contributed by atoms with Crippen molar-refractivity contribution in [2.75, 3.05) is 0 Å². The highest BCUT2D eigenvalue weighted by Gasteiger charge is 2.26. The quantitative estimate of drug-likeness (QED) is 0.722. The predicted octanol–water partition coefficient (Wildman–Crippen LogP) is 1.29. The molecule has 1 aliphatic rings. The van der Waals surface area contributed by atoms with Crippen molar-refractivity contribution in [3.05, 3.63) is 18.2 Å². The molecule has 0 bridgehead atoms. The van der Waals surface area contributed by atoms with Crippen LogP contribution >= 0.6 is 10.7 Å². The summed E-state index contributed by atoms with van der Waals surface area (Å²) in [4.78, 5) is 3.96. The Balaban J connectivity index is 2.24. The summed E-state index contributed by atoms with van der Waals surface area (Å²) in [7, 11) is 1.65.